The number of nitrogens with zero attached hydrogens (tertiary/aromatic N) is 4. The van der Waals surface area contributed by atoms with Crippen LogP contribution in [0, 0.1) is 24.4 Å². The summed E-state index contributed by atoms with van der Waals surface area (Å²) in [5, 5.41) is 7.85. The predicted molar refractivity (Wildman–Crippen MR) is 92.1 cm³/mol. The monoisotopic (exact) mass is 384 g/mol. The first kappa shape index (κ1) is 18.8. The van der Waals surface area contributed by atoms with Crippen molar-refractivity contribution in [2.24, 2.45) is 0 Å². The van der Waals surface area contributed by atoms with E-state index in [9.17, 15) is 18.0 Å². The number of carbonyl (C=O) groups is 1. The fourth-order valence-electron chi connectivity index (χ4n) is 3.04. The summed E-state index contributed by atoms with van der Waals surface area (Å²) >= 11 is 1.40. The van der Waals surface area contributed by atoms with Gasteiger partial charge in [0.05, 0.1) is 6.54 Å². The minimum Gasteiger partial charge on any atom is -0.333 e. The molecule has 0 bridgehead atoms. The van der Waals surface area contributed by atoms with Crippen LogP contribution in [0.4, 0.5) is 13.2 Å². The van der Waals surface area contributed by atoms with Crippen molar-refractivity contribution in [3.63, 3.8) is 0 Å². The second-order valence-corrected chi connectivity index (χ2v) is 7.39. The summed E-state index contributed by atoms with van der Waals surface area (Å²) in [5.41, 5.74) is 0.0741. The normalized spacial score (nSPS) is 15.0. The molecule has 1 atom stereocenters. The zero-order valence-corrected chi connectivity index (χ0v) is 15.3. The molecule has 0 aliphatic carbocycles. The number of benzene rings is 1. The lowest BCUT2D eigenvalue weighted by Gasteiger charge is -2.29. The number of rotatable bonds is 5. The Kier molecular flexibility index (Phi) is 5.55. The highest BCUT2D eigenvalue weighted by atomic mass is 32.2. The smallest absolute Gasteiger partial charge is 0.224 e. The average molecular weight is 384 g/mol. The second-order valence-electron chi connectivity index (χ2n) is 6.25. The van der Waals surface area contributed by atoms with Crippen molar-refractivity contribution in [2.45, 2.75) is 38.1 Å². The van der Waals surface area contributed by atoms with Gasteiger partial charge in [0.15, 0.2) is 17.5 Å². The van der Waals surface area contributed by atoms with Crippen LogP contribution in [0.1, 0.15) is 23.6 Å². The molecule has 9 heteroatoms. The molecule has 1 aliphatic rings. The highest BCUT2D eigenvalue weighted by Gasteiger charge is 2.26. The van der Waals surface area contributed by atoms with E-state index in [4.69, 9.17) is 0 Å². The molecular formula is C17H19F3N4OS. The molecule has 2 aromatic rings. The Balaban J connectivity index is 1.65. The number of aryl methyl sites for hydroxylation is 1. The number of fused-ring (bicyclic) bond motifs is 1. The highest BCUT2D eigenvalue weighted by Crippen LogP contribution is 2.23. The molecule has 0 saturated carbocycles. The zero-order chi connectivity index (χ0) is 18.8. The summed E-state index contributed by atoms with van der Waals surface area (Å²) in [5.74, 6) is -1.59. The van der Waals surface area contributed by atoms with E-state index in [1.807, 2.05) is 17.7 Å². The van der Waals surface area contributed by atoms with Crippen molar-refractivity contribution in [2.75, 3.05) is 12.8 Å². The number of halogens is 3. The Hall–Kier alpha value is -2.03. The quantitative estimate of drug-likeness (QED) is 0.744. The number of thioether (sulfide) groups is 1. The van der Waals surface area contributed by atoms with Gasteiger partial charge in [-0.3, -0.25) is 4.79 Å². The van der Waals surface area contributed by atoms with E-state index in [-0.39, 0.29) is 29.6 Å². The van der Waals surface area contributed by atoms with Crippen LogP contribution in [0.25, 0.3) is 0 Å². The van der Waals surface area contributed by atoms with Gasteiger partial charge in [0.25, 0.3) is 0 Å². The van der Waals surface area contributed by atoms with Crippen molar-refractivity contribution in [1.82, 2.24) is 19.7 Å². The largest absolute Gasteiger partial charge is 0.333 e. The number of hydrogen-bond donors (Lipinski definition) is 0. The van der Waals surface area contributed by atoms with Crippen molar-refractivity contribution in [3.05, 3.63) is 46.8 Å². The van der Waals surface area contributed by atoms with Crippen LogP contribution >= 0.6 is 11.8 Å². The molecule has 3 rings (SSSR count). The van der Waals surface area contributed by atoms with Gasteiger partial charge in [0, 0.05) is 30.8 Å². The third-order valence-corrected chi connectivity index (χ3v) is 5.56. The molecule has 1 aliphatic heterocycles. The maximum Gasteiger partial charge on any atom is 0.224 e. The minimum atomic E-state index is -1.21. The number of carbonyl (C=O) groups excluding carboxylic acids is 1. The van der Waals surface area contributed by atoms with Crippen LogP contribution in [0.5, 0.6) is 0 Å². The van der Waals surface area contributed by atoms with Crippen LogP contribution in [0.3, 0.4) is 0 Å². The van der Waals surface area contributed by atoms with Crippen LogP contribution < -0.4 is 0 Å². The second kappa shape index (κ2) is 7.69. The predicted octanol–water partition coefficient (Wildman–Crippen LogP) is 2.71. The minimum absolute atomic E-state index is 0.0701. The lowest BCUT2D eigenvalue weighted by Crippen LogP contribution is -2.39. The third-order valence-electron chi connectivity index (χ3n) is 4.56. The molecule has 2 heterocycles. The molecule has 0 N–H and O–H groups in total. The molecule has 1 aromatic carbocycles. The Morgan fingerprint density at radius 2 is 1.92 bits per heavy atom. The molecule has 1 amide bonds. The van der Waals surface area contributed by atoms with E-state index in [1.165, 1.54) is 11.8 Å². The molecular weight excluding hydrogens is 365 g/mol. The number of hydrogen-bond acceptors (Lipinski definition) is 4. The standard InChI is InChI=1S/C17H19F3N4OS/c1-10-21-22-16-9-23(3-4-24(10)16)17(25)7-12(26-2)5-11-6-14(19)15(20)8-13(11)18/h6,8,12H,3-5,7,9H2,1-2H3. The highest BCUT2D eigenvalue weighted by molar-refractivity contribution is 7.99. The molecule has 0 spiro atoms. The Bertz CT molecular complexity index is 827. The molecule has 0 fully saturated rings. The van der Waals surface area contributed by atoms with E-state index < -0.39 is 17.5 Å². The average Bonchev–Trinajstić information content (AvgIpc) is 2.99. The summed E-state index contributed by atoms with van der Waals surface area (Å²) in [6.45, 7) is 3.46. The summed E-state index contributed by atoms with van der Waals surface area (Å²) in [6, 6.07) is 1.41. The first-order valence-electron chi connectivity index (χ1n) is 8.21. The van der Waals surface area contributed by atoms with E-state index in [0.717, 1.165) is 17.7 Å². The lowest BCUT2D eigenvalue weighted by molar-refractivity contribution is -0.132. The van der Waals surface area contributed by atoms with Gasteiger partial charge in [-0.15, -0.1) is 10.2 Å². The van der Waals surface area contributed by atoms with Crippen molar-refractivity contribution >= 4 is 17.7 Å². The van der Waals surface area contributed by atoms with E-state index in [2.05, 4.69) is 10.2 Å². The fourth-order valence-corrected chi connectivity index (χ4v) is 3.70. The van der Waals surface area contributed by atoms with Gasteiger partial charge < -0.3 is 9.47 Å². The lowest BCUT2D eigenvalue weighted by atomic mass is 10.1. The summed E-state index contributed by atoms with van der Waals surface area (Å²) in [6.07, 6.45) is 2.15. The Morgan fingerprint density at radius 3 is 2.65 bits per heavy atom. The van der Waals surface area contributed by atoms with Gasteiger partial charge in [-0.25, -0.2) is 13.2 Å². The van der Waals surface area contributed by atoms with E-state index >= 15 is 0 Å². The zero-order valence-electron chi connectivity index (χ0n) is 14.5. The molecule has 1 aromatic heterocycles. The summed E-state index contributed by atoms with van der Waals surface area (Å²) in [7, 11) is 0. The maximum atomic E-state index is 13.9. The first-order valence-corrected chi connectivity index (χ1v) is 9.50. The van der Waals surface area contributed by atoms with Gasteiger partial charge in [-0.1, -0.05) is 0 Å². The molecule has 5 nitrogen and oxygen atoms in total. The van der Waals surface area contributed by atoms with E-state index in [1.54, 1.807) is 4.90 Å². The molecule has 0 radical (unpaired) electrons. The van der Waals surface area contributed by atoms with Gasteiger partial charge in [-0.05, 0) is 31.2 Å². The maximum absolute atomic E-state index is 13.9. The van der Waals surface area contributed by atoms with Gasteiger partial charge in [0.2, 0.25) is 5.91 Å². The first-order chi connectivity index (χ1) is 12.4. The Labute approximate surface area is 153 Å². The molecule has 26 heavy (non-hydrogen) atoms. The van der Waals surface area contributed by atoms with Gasteiger partial charge in [-0.2, -0.15) is 11.8 Å². The van der Waals surface area contributed by atoms with Gasteiger partial charge >= 0.3 is 0 Å². The molecule has 1 unspecified atom stereocenters. The van der Waals surface area contributed by atoms with Gasteiger partial charge in [0.1, 0.15) is 11.6 Å². The van der Waals surface area contributed by atoms with Crippen LogP contribution in [0.15, 0.2) is 12.1 Å². The topological polar surface area (TPSA) is 51.0 Å². The SMILES string of the molecule is CSC(CC(=O)N1CCn2c(C)nnc2C1)Cc1cc(F)c(F)cc1F. The van der Waals surface area contributed by atoms with Crippen molar-refractivity contribution in [1.29, 1.82) is 0 Å². The molecule has 140 valence electrons. The summed E-state index contributed by atoms with van der Waals surface area (Å²) in [4.78, 5) is 14.3. The van der Waals surface area contributed by atoms with Crippen molar-refractivity contribution in [3.8, 4) is 0 Å². The number of aromatic nitrogens is 3. The third kappa shape index (κ3) is 3.87. The van der Waals surface area contributed by atoms with Crippen LogP contribution in [0.2, 0.25) is 0 Å². The molecule has 0 saturated heterocycles. The van der Waals surface area contributed by atoms with Crippen LogP contribution in [-0.4, -0.2) is 43.6 Å². The van der Waals surface area contributed by atoms with Crippen molar-refractivity contribution < 1.29 is 18.0 Å². The fraction of sp³-hybridized carbons (Fsp3) is 0.471. The Morgan fingerprint density at radius 1 is 1.19 bits per heavy atom. The van der Waals surface area contributed by atoms with E-state index in [0.29, 0.717) is 25.7 Å². The number of amides is 1. The van der Waals surface area contributed by atoms with Crippen LogP contribution in [-0.2, 0) is 24.3 Å². The summed E-state index contributed by atoms with van der Waals surface area (Å²) < 4.78 is 42.3.